The van der Waals surface area contributed by atoms with E-state index in [1.54, 1.807) is 20.4 Å². The average Bonchev–Trinajstić information content (AvgIpc) is 2.65. The summed E-state index contributed by atoms with van der Waals surface area (Å²) in [4.78, 5) is 4.48. The van der Waals surface area contributed by atoms with Gasteiger partial charge in [-0.15, -0.1) is 5.10 Å². The van der Waals surface area contributed by atoms with E-state index >= 15 is 0 Å². The molecule has 0 aliphatic carbocycles. The predicted molar refractivity (Wildman–Crippen MR) is 102 cm³/mol. The van der Waals surface area contributed by atoms with Crippen LogP contribution < -0.4 is 20.1 Å². The topological polar surface area (TPSA) is 81.2 Å². The quantitative estimate of drug-likeness (QED) is 0.695. The van der Waals surface area contributed by atoms with Crippen LogP contribution in [0.3, 0.4) is 0 Å². The molecule has 0 saturated heterocycles. The van der Waals surface area contributed by atoms with E-state index in [1.165, 1.54) is 0 Å². The molecular formula is C19H21N5O2. The van der Waals surface area contributed by atoms with Crippen molar-refractivity contribution >= 4 is 23.1 Å². The summed E-state index contributed by atoms with van der Waals surface area (Å²) in [5, 5.41) is 14.5. The Labute approximate surface area is 152 Å². The summed E-state index contributed by atoms with van der Waals surface area (Å²) < 4.78 is 10.6. The van der Waals surface area contributed by atoms with Gasteiger partial charge in [-0.1, -0.05) is 18.2 Å². The maximum absolute atomic E-state index is 5.32. The second-order valence-corrected chi connectivity index (χ2v) is 5.75. The number of methoxy groups -OCH3 is 2. The number of hydrogen-bond donors (Lipinski definition) is 2. The Morgan fingerprint density at radius 3 is 2.31 bits per heavy atom. The van der Waals surface area contributed by atoms with E-state index in [0.717, 1.165) is 22.5 Å². The zero-order chi connectivity index (χ0) is 18.5. The Hall–Kier alpha value is -3.35. The fourth-order valence-corrected chi connectivity index (χ4v) is 2.60. The zero-order valence-electron chi connectivity index (χ0n) is 15.2. The van der Waals surface area contributed by atoms with Gasteiger partial charge in [-0.3, -0.25) is 0 Å². The van der Waals surface area contributed by atoms with E-state index in [-0.39, 0.29) is 0 Å². The van der Waals surface area contributed by atoms with Gasteiger partial charge in [0.2, 0.25) is 5.95 Å². The zero-order valence-corrected chi connectivity index (χ0v) is 15.2. The lowest BCUT2D eigenvalue weighted by Gasteiger charge is -2.13. The van der Waals surface area contributed by atoms with Crippen molar-refractivity contribution in [3.05, 3.63) is 53.7 Å². The van der Waals surface area contributed by atoms with Crippen molar-refractivity contribution < 1.29 is 9.47 Å². The van der Waals surface area contributed by atoms with E-state index in [2.05, 4.69) is 25.8 Å². The van der Waals surface area contributed by atoms with E-state index < -0.39 is 0 Å². The summed E-state index contributed by atoms with van der Waals surface area (Å²) >= 11 is 0. The second-order valence-electron chi connectivity index (χ2n) is 5.75. The molecule has 2 aromatic carbocycles. The molecule has 0 saturated carbocycles. The molecule has 1 heterocycles. The second kappa shape index (κ2) is 7.69. The molecule has 26 heavy (non-hydrogen) atoms. The highest BCUT2D eigenvalue weighted by molar-refractivity contribution is 5.65. The lowest BCUT2D eigenvalue weighted by molar-refractivity contribution is 0.355. The normalized spacial score (nSPS) is 10.3. The molecule has 3 aromatic rings. The van der Waals surface area contributed by atoms with Crippen LogP contribution in [0.25, 0.3) is 0 Å². The van der Waals surface area contributed by atoms with Crippen LogP contribution in [0.2, 0.25) is 0 Å². The third-order valence-corrected chi connectivity index (χ3v) is 3.93. The first-order valence-corrected chi connectivity index (χ1v) is 8.12. The Morgan fingerprint density at radius 2 is 1.62 bits per heavy atom. The monoisotopic (exact) mass is 351 g/mol. The van der Waals surface area contributed by atoms with Crippen LogP contribution in [0.15, 0.2) is 42.6 Å². The smallest absolute Gasteiger partial charge is 0.249 e. The fraction of sp³-hybridized carbons (Fsp3) is 0.211. The van der Waals surface area contributed by atoms with Gasteiger partial charge in [-0.05, 0) is 37.1 Å². The average molecular weight is 351 g/mol. The van der Waals surface area contributed by atoms with Gasteiger partial charge < -0.3 is 20.1 Å². The first-order chi connectivity index (χ1) is 12.6. The number of nitrogens with one attached hydrogen (secondary N) is 2. The molecule has 0 amide bonds. The summed E-state index contributed by atoms with van der Waals surface area (Å²) in [5.74, 6) is 2.29. The molecule has 0 aliphatic rings. The van der Waals surface area contributed by atoms with Crippen LogP contribution in [0.4, 0.5) is 23.1 Å². The van der Waals surface area contributed by atoms with Gasteiger partial charge in [-0.2, -0.15) is 10.1 Å². The number of nitrogens with zero attached hydrogens (tertiary/aromatic N) is 3. The number of ether oxygens (including phenoxy) is 2. The molecule has 0 radical (unpaired) electrons. The predicted octanol–water partition coefficient (Wildman–Crippen LogP) is 3.99. The molecule has 1 aromatic heterocycles. The van der Waals surface area contributed by atoms with Crippen molar-refractivity contribution in [2.45, 2.75) is 13.8 Å². The first kappa shape index (κ1) is 17.5. The van der Waals surface area contributed by atoms with Gasteiger partial charge >= 0.3 is 0 Å². The van der Waals surface area contributed by atoms with E-state index in [9.17, 15) is 0 Å². The number of anilines is 4. The molecule has 2 N–H and O–H groups in total. The van der Waals surface area contributed by atoms with Crippen molar-refractivity contribution in [3.63, 3.8) is 0 Å². The standard InChI is InChI=1S/C19H21N5O2/c1-12-6-5-7-13(2)18(12)23-19-22-17(11-20-24-19)21-14-8-9-15(25-3)16(10-14)26-4/h5-11H,1-4H3,(H2,21,22,23,24). The number of rotatable bonds is 6. The Morgan fingerprint density at radius 1 is 0.885 bits per heavy atom. The summed E-state index contributed by atoms with van der Waals surface area (Å²) in [6, 6.07) is 11.6. The lowest BCUT2D eigenvalue weighted by Crippen LogP contribution is -2.04. The van der Waals surface area contributed by atoms with Crippen LogP contribution in [0, 0.1) is 13.8 Å². The molecule has 0 aliphatic heterocycles. The highest BCUT2D eigenvalue weighted by Crippen LogP contribution is 2.31. The Balaban J connectivity index is 1.82. The maximum atomic E-state index is 5.32. The summed E-state index contributed by atoms with van der Waals surface area (Å²) in [6.45, 7) is 4.07. The third-order valence-electron chi connectivity index (χ3n) is 3.93. The summed E-state index contributed by atoms with van der Waals surface area (Å²) in [6.07, 6.45) is 1.56. The van der Waals surface area contributed by atoms with Crippen LogP contribution in [0.1, 0.15) is 11.1 Å². The van der Waals surface area contributed by atoms with Crippen molar-refractivity contribution in [2.24, 2.45) is 0 Å². The number of para-hydroxylation sites is 1. The molecule has 0 spiro atoms. The van der Waals surface area contributed by atoms with Crippen LogP contribution in [-0.2, 0) is 0 Å². The molecule has 7 nitrogen and oxygen atoms in total. The van der Waals surface area contributed by atoms with Gasteiger partial charge in [0.15, 0.2) is 17.3 Å². The molecule has 3 rings (SSSR count). The summed E-state index contributed by atoms with van der Waals surface area (Å²) in [5.41, 5.74) is 4.03. The highest BCUT2D eigenvalue weighted by atomic mass is 16.5. The fourth-order valence-electron chi connectivity index (χ4n) is 2.60. The molecule has 134 valence electrons. The molecule has 0 bridgehead atoms. The lowest BCUT2D eigenvalue weighted by atomic mass is 10.1. The van der Waals surface area contributed by atoms with Gasteiger partial charge in [-0.25, -0.2) is 0 Å². The third kappa shape index (κ3) is 3.83. The Kier molecular flexibility index (Phi) is 5.17. The minimum atomic E-state index is 0.424. The molecular weight excluding hydrogens is 330 g/mol. The Bertz CT molecular complexity index is 894. The molecule has 0 fully saturated rings. The van der Waals surface area contributed by atoms with Crippen molar-refractivity contribution in [2.75, 3.05) is 24.9 Å². The summed E-state index contributed by atoms with van der Waals surface area (Å²) in [7, 11) is 3.20. The number of hydrogen-bond acceptors (Lipinski definition) is 7. The SMILES string of the molecule is COc1ccc(Nc2cnnc(Nc3c(C)cccc3C)n2)cc1OC. The molecule has 0 unspecified atom stereocenters. The maximum Gasteiger partial charge on any atom is 0.249 e. The van der Waals surface area contributed by atoms with Gasteiger partial charge in [0.05, 0.1) is 20.4 Å². The van der Waals surface area contributed by atoms with Crippen molar-refractivity contribution in [3.8, 4) is 11.5 Å². The number of aryl methyl sites for hydroxylation is 2. The van der Waals surface area contributed by atoms with Crippen LogP contribution >= 0.6 is 0 Å². The highest BCUT2D eigenvalue weighted by Gasteiger charge is 2.08. The van der Waals surface area contributed by atoms with E-state index in [0.29, 0.717) is 23.3 Å². The van der Waals surface area contributed by atoms with Crippen LogP contribution in [0.5, 0.6) is 11.5 Å². The van der Waals surface area contributed by atoms with Crippen molar-refractivity contribution in [1.29, 1.82) is 0 Å². The minimum absolute atomic E-state index is 0.424. The van der Waals surface area contributed by atoms with Crippen molar-refractivity contribution in [1.82, 2.24) is 15.2 Å². The van der Waals surface area contributed by atoms with Gasteiger partial charge in [0, 0.05) is 17.4 Å². The molecule has 0 atom stereocenters. The number of benzene rings is 2. The minimum Gasteiger partial charge on any atom is -0.493 e. The van der Waals surface area contributed by atoms with E-state index in [4.69, 9.17) is 9.47 Å². The molecule has 7 heteroatoms. The first-order valence-electron chi connectivity index (χ1n) is 8.12. The largest absolute Gasteiger partial charge is 0.493 e. The van der Waals surface area contributed by atoms with Gasteiger partial charge in [0.25, 0.3) is 0 Å². The van der Waals surface area contributed by atoms with Gasteiger partial charge in [0.1, 0.15) is 0 Å². The number of aromatic nitrogens is 3. The van der Waals surface area contributed by atoms with Crippen LogP contribution in [-0.4, -0.2) is 29.4 Å². The van der Waals surface area contributed by atoms with E-state index in [1.807, 2.05) is 50.2 Å².